The molecule has 0 spiro atoms. The highest BCUT2D eigenvalue weighted by Crippen LogP contribution is 2.27. The standard InChI is InChI=1S/C18H26N4O3/c1-19-12-17(23)21-8-6-14(7-9-21)22-10-5-13-11-15(25-2)3-4-16(13)20-18(22)24/h3-4,11,14,19H,5-10,12H2,1-2H3,(H,20,24). The van der Waals surface area contributed by atoms with Crippen molar-refractivity contribution >= 4 is 17.6 Å². The maximum Gasteiger partial charge on any atom is 0.322 e. The van der Waals surface area contributed by atoms with E-state index in [1.54, 1.807) is 14.2 Å². The van der Waals surface area contributed by atoms with E-state index in [2.05, 4.69) is 10.6 Å². The van der Waals surface area contributed by atoms with E-state index in [4.69, 9.17) is 4.74 Å². The van der Waals surface area contributed by atoms with Gasteiger partial charge < -0.3 is 25.2 Å². The van der Waals surface area contributed by atoms with Gasteiger partial charge in [-0.3, -0.25) is 4.79 Å². The van der Waals surface area contributed by atoms with Crippen LogP contribution in [-0.2, 0) is 11.2 Å². The van der Waals surface area contributed by atoms with Gasteiger partial charge in [-0.2, -0.15) is 0 Å². The topological polar surface area (TPSA) is 73.9 Å². The molecule has 0 aliphatic carbocycles. The number of amides is 3. The van der Waals surface area contributed by atoms with Gasteiger partial charge in [-0.15, -0.1) is 0 Å². The second-order valence-corrected chi connectivity index (χ2v) is 6.54. The lowest BCUT2D eigenvalue weighted by molar-refractivity contribution is -0.131. The average molecular weight is 346 g/mol. The predicted molar refractivity (Wildman–Crippen MR) is 96.0 cm³/mol. The van der Waals surface area contributed by atoms with Crippen LogP contribution in [0.1, 0.15) is 18.4 Å². The minimum atomic E-state index is -0.0519. The number of likely N-dealkylation sites (tertiary alicyclic amines) is 1. The van der Waals surface area contributed by atoms with Gasteiger partial charge in [-0.1, -0.05) is 0 Å². The molecule has 1 saturated heterocycles. The highest BCUT2D eigenvalue weighted by atomic mass is 16.5. The van der Waals surface area contributed by atoms with Gasteiger partial charge in [0.2, 0.25) is 5.91 Å². The van der Waals surface area contributed by atoms with Gasteiger partial charge in [-0.05, 0) is 50.1 Å². The Hall–Kier alpha value is -2.28. The number of methoxy groups -OCH3 is 1. The van der Waals surface area contributed by atoms with Crippen LogP contribution < -0.4 is 15.4 Å². The van der Waals surface area contributed by atoms with Gasteiger partial charge in [0.15, 0.2) is 0 Å². The number of rotatable bonds is 4. The molecule has 0 bridgehead atoms. The summed E-state index contributed by atoms with van der Waals surface area (Å²) >= 11 is 0. The Morgan fingerprint density at radius 3 is 2.76 bits per heavy atom. The fraction of sp³-hybridized carbons (Fsp3) is 0.556. The van der Waals surface area contributed by atoms with Crippen molar-refractivity contribution in [3.05, 3.63) is 23.8 Å². The Morgan fingerprint density at radius 2 is 2.08 bits per heavy atom. The molecule has 25 heavy (non-hydrogen) atoms. The molecule has 1 aromatic carbocycles. The summed E-state index contributed by atoms with van der Waals surface area (Å²) in [5.41, 5.74) is 1.95. The Labute approximate surface area is 148 Å². The monoisotopic (exact) mass is 346 g/mol. The molecule has 0 radical (unpaired) electrons. The van der Waals surface area contributed by atoms with Gasteiger partial charge in [0.05, 0.1) is 13.7 Å². The molecule has 2 aliphatic heterocycles. The van der Waals surface area contributed by atoms with Crippen molar-refractivity contribution in [2.45, 2.75) is 25.3 Å². The number of anilines is 1. The molecule has 2 aliphatic rings. The molecule has 3 amide bonds. The average Bonchev–Trinajstić information content (AvgIpc) is 2.79. The largest absolute Gasteiger partial charge is 0.497 e. The lowest BCUT2D eigenvalue weighted by Crippen LogP contribution is -2.51. The Balaban J connectivity index is 1.63. The quantitative estimate of drug-likeness (QED) is 0.862. The molecule has 1 fully saturated rings. The third kappa shape index (κ3) is 3.87. The van der Waals surface area contributed by atoms with Crippen LogP contribution in [0.15, 0.2) is 18.2 Å². The zero-order valence-electron chi connectivity index (χ0n) is 14.9. The zero-order valence-corrected chi connectivity index (χ0v) is 14.9. The zero-order chi connectivity index (χ0) is 17.8. The molecule has 2 heterocycles. The summed E-state index contributed by atoms with van der Waals surface area (Å²) in [7, 11) is 3.42. The number of piperidine rings is 1. The number of carbonyl (C=O) groups is 2. The smallest absolute Gasteiger partial charge is 0.322 e. The van der Waals surface area contributed by atoms with Gasteiger partial charge in [-0.25, -0.2) is 4.79 Å². The van der Waals surface area contributed by atoms with Crippen LogP contribution in [0, 0.1) is 0 Å². The molecule has 1 aromatic rings. The Morgan fingerprint density at radius 1 is 1.32 bits per heavy atom. The van der Waals surface area contributed by atoms with E-state index in [1.165, 1.54) is 0 Å². The lowest BCUT2D eigenvalue weighted by atomic mass is 10.0. The summed E-state index contributed by atoms with van der Waals surface area (Å²) in [5.74, 6) is 0.929. The fourth-order valence-electron chi connectivity index (χ4n) is 3.59. The van der Waals surface area contributed by atoms with Crippen molar-refractivity contribution in [1.29, 1.82) is 0 Å². The number of ether oxygens (including phenoxy) is 1. The number of nitrogens with one attached hydrogen (secondary N) is 2. The number of nitrogens with zero attached hydrogens (tertiary/aromatic N) is 2. The summed E-state index contributed by atoms with van der Waals surface area (Å²) in [4.78, 5) is 28.4. The van der Waals surface area contributed by atoms with Crippen molar-refractivity contribution in [3.8, 4) is 5.75 Å². The summed E-state index contributed by atoms with van der Waals surface area (Å²) < 4.78 is 5.28. The van der Waals surface area contributed by atoms with Gasteiger partial charge in [0, 0.05) is 31.4 Å². The van der Waals surface area contributed by atoms with Crippen molar-refractivity contribution in [2.75, 3.05) is 45.7 Å². The number of hydrogen-bond acceptors (Lipinski definition) is 4. The van der Waals surface area contributed by atoms with Crippen molar-refractivity contribution < 1.29 is 14.3 Å². The second-order valence-electron chi connectivity index (χ2n) is 6.54. The molecular formula is C18H26N4O3. The van der Waals surface area contributed by atoms with E-state index in [1.807, 2.05) is 28.0 Å². The summed E-state index contributed by atoms with van der Waals surface area (Å²) in [6, 6.07) is 5.87. The Bertz CT molecular complexity index is 641. The molecule has 0 aromatic heterocycles. The normalized spacial score (nSPS) is 18.4. The number of carbonyl (C=O) groups excluding carboxylic acids is 2. The number of urea groups is 1. The van der Waals surface area contributed by atoms with Gasteiger partial charge >= 0.3 is 6.03 Å². The summed E-state index contributed by atoms with van der Waals surface area (Å²) in [6.07, 6.45) is 2.44. The first-order chi connectivity index (χ1) is 12.1. The van der Waals surface area contributed by atoms with Crippen LogP contribution in [0.25, 0.3) is 0 Å². The van der Waals surface area contributed by atoms with E-state index in [0.717, 1.165) is 36.3 Å². The van der Waals surface area contributed by atoms with Crippen LogP contribution in [-0.4, -0.2) is 68.1 Å². The van der Waals surface area contributed by atoms with E-state index in [-0.39, 0.29) is 18.0 Å². The van der Waals surface area contributed by atoms with Gasteiger partial charge in [0.1, 0.15) is 5.75 Å². The van der Waals surface area contributed by atoms with Crippen LogP contribution in [0.3, 0.4) is 0 Å². The highest BCUT2D eigenvalue weighted by Gasteiger charge is 2.31. The van der Waals surface area contributed by atoms with Crippen molar-refractivity contribution in [1.82, 2.24) is 15.1 Å². The number of hydrogen-bond donors (Lipinski definition) is 2. The molecule has 136 valence electrons. The number of benzene rings is 1. The van der Waals surface area contributed by atoms with Crippen LogP contribution in [0.5, 0.6) is 5.75 Å². The van der Waals surface area contributed by atoms with E-state index in [9.17, 15) is 9.59 Å². The minimum Gasteiger partial charge on any atom is -0.497 e. The van der Waals surface area contributed by atoms with E-state index < -0.39 is 0 Å². The van der Waals surface area contributed by atoms with E-state index >= 15 is 0 Å². The molecule has 7 nitrogen and oxygen atoms in total. The fourth-order valence-corrected chi connectivity index (χ4v) is 3.59. The molecule has 2 N–H and O–H groups in total. The van der Waals surface area contributed by atoms with Crippen LogP contribution in [0.2, 0.25) is 0 Å². The molecule has 7 heteroatoms. The molecule has 0 unspecified atom stereocenters. The van der Waals surface area contributed by atoms with E-state index in [0.29, 0.717) is 26.2 Å². The summed E-state index contributed by atoms with van der Waals surface area (Å²) in [5, 5.41) is 5.91. The Kier molecular flexibility index (Phi) is 5.43. The first kappa shape index (κ1) is 17.5. The summed E-state index contributed by atoms with van der Waals surface area (Å²) in [6.45, 7) is 2.46. The number of fused-ring (bicyclic) bond motifs is 1. The lowest BCUT2D eigenvalue weighted by Gasteiger charge is -2.38. The highest BCUT2D eigenvalue weighted by molar-refractivity contribution is 5.91. The van der Waals surface area contributed by atoms with Crippen LogP contribution >= 0.6 is 0 Å². The second kappa shape index (κ2) is 7.74. The third-order valence-corrected chi connectivity index (χ3v) is 5.02. The maximum atomic E-state index is 12.6. The van der Waals surface area contributed by atoms with Crippen molar-refractivity contribution in [3.63, 3.8) is 0 Å². The molecule has 0 atom stereocenters. The minimum absolute atomic E-state index is 0.0519. The molecule has 0 saturated carbocycles. The third-order valence-electron chi connectivity index (χ3n) is 5.02. The molecular weight excluding hydrogens is 320 g/mol. The molecule has 3 rings (SSSR count). The first-order valence-electron chi connectivity index (χ1n) is 8.79. The van der Waals surface area contributed by atoms with Crippen molar-refractivity contribution in [2.24, 2.45) is 0 Å². The SMILES string of the molecule is CNCC(=O)N1CCC(N2CCc3cc(OC)ccc3NC2=O)CC1. The first-order valence-corrected chi connectivity index (χ1v) is 8.79. The van der Waals surface area contributed by atoms with Gasteiger partial charge in [0.25, 0.3) is 0 Å². The maximum absolute atomic E-state index is 12.6. The predicted octanol–water partition coefficient (Wildman–Crippen LogP) is 1.30. The number of likely N-dealkylation sites (N-methyl/N-ethyl adjacent to an activating group) is 1. The van der Waals surface area contributed by atoms with Crippen LogP contribution in [0.4, 0.5) is 10.5 Å².